The first-order valence-corrected chi connectivity index (χ1v) is 8.81. The van der Waals surface area contributed by atoms with E-state index in [-0.39, 0.29) is 22.8 Å². The highest BCUT2D eigenvalue weighted by Crippen LogP contribution is 2.52. The van der Waals surface area contributed by atoms with Crippen LogP contribution in [0.15, 0.2) is 18.2 Å². The van der Waals surface area contributed by atoms with Crippen molar-refractivity contribution in [3.63, 3.8) is 0 Å². The molecule has 1 aliphatic heterocycles. The predicted octanol–water partition coefficient (Wildman–Crippen LogP) is 2.04. The largest absolute Gasteiger partial charge is 0.496 e. The van der Waals surface area contributed by atoms with E-state index in [9.17, 15) is 14.3 Å². The van der Waals surface area contributed by atoms with Crippen molar-refractivity contribution in [1.82, 2.24) is 10.2 Å². The Morgan fingerprint density at radius 2 is 2.16 bits per heavy atom. The minimum absolute atomic E-state index is 0.0274. The number of carbonyl (C=O) groups is 1. The molecule has 2 fully saturated rings. The molecule has 1 aromatic rings. The quantitative estimate of drug-likeness (QED) is 0.872. The van der Waals surface area contributed by atoms with E-state index in [1.54, 1.807) is 6.07 Å². The van der Waals surface area contributed by atoms with Crippen LogP contribution in [0.3, 0.4) is 0 Å². The molecule has 6 heteroatoms. The molecule has 3 rings (SSSR count). The van der Waals surface area contributed by atoms with E-state index in [0.29, 0.717) is 24.8 Å². The molecule has 1 aromatic carbocycles. The number of hydrogen-bond acceptors (Lipinski definition) is 4. The zero-order valence-electron chi connectivity index (χ0n) is 15.3. The number of carbonyl (C=O) groups excluding carboxylic acids is 1. The maximum absolute atomic E-state index is 14.1. The summed E-state index contributed by atoms with van der Waals surface area (Å²) in [6.45, 7) is 5.29. The Bertz CT molecular complexity index is 661. The summed E-state index contributed by atoms with van der Waals surface area (Å²) in [5, 5.41) is 13.3. The van der Waals surface area contributed by atoms with E-state index >= 15 is 0 Å². The number of amides is 1. The molecule has 0 aromatic heterocycles. The van der Waals surface area contributed by atoms with Gasteiger partial charge in [0.2, 0.25) is 0 Å². The fourth-order valence-corrected chi connectivity index (χ4v) is 5.13. The van der Waals surface area contributed by atoms with Gasteiger partial charge in [0.25, 0.3) is 5.91 Å². The highest BCUT2D eigenvalue weighted by molar-refractivity contribution is 5.97. The number of ether oxygens (including phenoxy) is 1. The van der Waals surface area contributed by atoms with Crippen molar-refractivity contribution < 1.29 is 19.0 Å². The standard InChI is InChI=1S/C19H27FN2O3/c1-11(2)17-19(10-22(17)3)8-13(14(23)9-19)21-18(24)16-12(20)6-5-7-15(16)25-4/h5-7,11,13-14,17,23H,8-10H2,1-4H3,(H,21,24)/t13-,14-,17?,19?/m1/s1. The third kappa shape index (κ3) is 3.02. The van der Waals surface area contributed by atoms with Crippen LogP contribution in [0.1, 0.15) is 37.0 Å². The van der Waals surface area contributed by atoms with E-state index in [0.717, 1.165) is 6.54 Å². The van der Waals surface area contributed by atoms with Crippen LogP contribution in [0.5, 0.6) is 5.75 Å². The van der Waals surface area contributed by atoms with Crippen LogP contribution in [0.25, 0.3) is 0 Å². The normalized spacial score (nSPS) is 32.0. The molecule has 138 valence electrons. The lowest BCUT2D eigenvalue weighted by molar-refractivity contribution is -0.0827. The van der Waals surface area contributed by atoms with Crippen LogP contribution in [0.2, 0.25) is 0 Å². The van der Waals surface area contributed by atoms with Gasteiger partial charge in [0.05, 0.1) is 19.3 Å². The lowest BCUT2D eigenvalue weighted by Gasteiger charge is -2.57. The van der Waals surface area contributed by atoms with Crippen molar-refractivity contribution in [1.29, 1.82) is 0 Å². The number of benzene rings is 1. The summed E-state index contributed by atoms with van der Waals surface area (Å²) in [7, 11) is 3.50. The van der Waals surface area contributed by atoms with Crippen LogP contribution in [0, 0.1) is 17.2 Å². The fourth-order valence-electron chi connectivity index (χ4n) is 5.13. The summed E-state index contributed by atoms with van der Waals surface area (Å²) in [4.78, 5) is 14.9. The number of methoxy groups -OCH3 is 1. The average Bonchev–Trinajstić information content (AvgIpc) is 2.83. The summed E-state index contributed by atoms with van der Waals surface area (Å²) >= 11 is 0. The lowest BCUT2D eigenvalue weighted by Crippen LogP contribution is -2.64. The first-order valence-electron chi connectivity index (χ1n) is 8.81. The van der Waals surface area contributed by atoms with Gasteiger partial charge in [-0.25, -0.2) is 4.39 Å². The first kappa shape index (κ1) is 18.1. The number of likely N-dealkylation sites (tertiary alicyclic amines) is 1. The molecule has 25 heavy (non-hydrogen) atoms. The predicted molar refractivity (Wildman–Crippen MR) is 93.1 cm³/mol. The number of rotatable bonds is 4. The molecule has 2 unspecified atom stereocenters. The topological polar surface area (TPSA) is 61.8 Å². The van der Waals surface area contributed by atoms with E-state index in [4.69, 9.17) is 4.74 Å². The van der Waals surface area contributed by atoms with E-state index in [2.05, 4.69) is 31.1 Å². The number of halogens is 1. The van der Waals surface area contributed by atoms with Crippen molar-refractivity contribution in [2.75, 3.05) is 20.7 Å². The minimum Gasteiger partial charge on any atom is -0.496 e. The summed E-state index contributed by atoms with van der Waals surface area (Å²) in [6.07, 6.45) is 0.764. The van der Waals surface area contributed by atoms with Crippen molar-refractivity contribution >= 4 is 5.91 Å². The van der Waals surface area contributed by atoms with Crippen LogP contribution >= 0.6 is 0 Å². The van der Waals surface area contributed by atoms with Gasteiger partial charge < -0.3 is 20.1 Å². The maximum Gasteiger partial charge on any atom is 0.258 e. The van der Waals surface area contributed by atoms with Crippen molar-refractivity contribution in [2.24, 2.45) is 11.3 Å². The molecule has 4 atom stereocenters. The monoisotopic (exact) mass is 350 g/mol. The van der Waals surface area contributed by atoms with Gasteiger partial charge in [-0.15, -0.1) is 0 Å². The molecule has 0 bridgehead atoms. The van der Waals surface area contributed by atoms with Gasteiger partial charge >= 0.3 is 0 Å². The zero-order chi connectivity index (χ0) is 18.4. The van der Waals surface area contributed by atoms with Gasteiger partial charge in [-0.2, -0.15) is 0 Å². The van der Waals surface area contributed by atoms with E-state index < -0.39 is 17.8 Å². The SMILES string of the molecule is COc1cccc(F)c1C(=O)N[C@@H]1CC2(C[C@H]1O)CN(C)C2C(C)C. The Hall–Kier alpha value is -1.66. The number of nitrogens with one attached hydrogen (secondary N) is 1. The Balaban J connectivity index is 1.75. The second-order valence-electron chi connectivity index (χ2n) is 7.84. The number of hydrogen-bond donors (Lipinski definition) is 2. The summed E-state index contributed by atoms with van der Waals surface area (Å²) in [6, 6.07) is 4.32. The molecule has 1 spiro atoms. The molecule has 1 amide bonds. The Kier molecular flexibility index (Phi) is 4.77. The van der Waals surface area contributed by atoms with Crippen LogP contribution in [-0.4, -0.2) is 54.8 Å². The first-order chi connectivity index (χ1) is 11.8. The smallest absolute Gasteiger partial charge is 0.258 e. The molecule has 0 radical (unpaired) electrons. The molecule has 1 heterocycles. The van der Waals surface area contributed by atoms with Crippen molar-refractivity contribution in [3.05, 3.63) is 29.6 Å². The average molecular weight is 350 g/mol. The second-order valence-corrected chi connectivity index (χ2v) is 7.84. The molecule has 5 nitrogen and oxygen atoms in total. The maximum atomic E-state index is 14.1. The Morgan fingerprint density at radius 1 is 1.44 bits per heavy atom. The lowest BCUT2D eigenvalue weighted by atomic mass is 9.66. The Labute approximate surface area is 148 Å². The molecule has 2 N–H and O–H groups in total. The Morgan fingerprint density at radius 3 is 2.76 bits per heavy atom. The van der Waals surface area contributed by atoms with Gasteiger partial charge in [-0.3, -0.25) is 4.79 Å². The van der Waals surface area contributed by atoms with Crippen LogP contribution in [0.4, 0.5) is 4.39 Å². The van der Waals surface area contributed by atoms with Gasteiger partial charge in [0, 0.05) is 18.0 Å². The molecule has 1 saturated carbocycles. The fraction of sp³-hybridized carbons (Fsp3) is 0.632. The van der Waals surface area contributed by atoms with Gasteiger partial charge in [0.15, 0.2) is 0 Å². The number of aliphatic hydroxyl groups excluding tert-OH is 1. The summed E-state index contributed by atoms with van der Waals surface area (Å²) in [5.74, 6) is -0.484. The molecular formula is C19H27FN2O3. The van der Waals surface area contributed by atoms with E-state index in [1.807, 2.05) is 0 Å². The van der Waals surface area contributed by atoms with Gasteiger partial charge in [-0.05, 0) is 37.9 Å². The minimum atomic E-state index is -0.623. The molecular weight excluding hydrogens is 323 g/mol. The highest BCUT2D eigenvalue weighted by Gasteiger charge is 2.58. The second kappa shape index (κ2) is 6.57. The summed E-state index contributed by atoms with van der Waals surface area (Å²) < 4.78 is 19.2. The molecule has 2 aliphatic rings. The summed E-state index contributed by atoms with van der Waals surface area (Å²) in [5.41, 5.74) is -0.0798. The van der Waals surface area contributed by atoms with Crippen molar-refractivity contribution in [2.45, 2.75) is 44.9 Å². The third-order valence-corrected chi connectivity index (χ3v) is 5.74. The number of aliphatic hydroxyl groups is 1. The number of nitrogens with zero attached hydrogens (tertiary/aromatic N) is 1. The highest BCUT2D eigenvalue weighted by atomic mass is 19.1. The zero-order valence-corrected chi connectivity index (χ0v) is 15.3. The van der Waals surface area contributed by atoms with Crippen LogP contribution < -0.4 is 10.1 Å². The van der Waals surface area contributed by atoms with Crippen LogP contribution in [-0.2, 0) is 0 Å². The van der Waals surface area contributed by atoms with Gasteiger partial charge in [-0.1, -0.05) is 19.9 Å². The molecule has 1 aliphatic carbocycles. The third-order valence-electron chi connectivity index (χ3n) is 5.74. The molecule has 1 saturated heterocycles. The van der Waals surface area contributed by atoms with Gasteiger partial charge in [0.1, 0.15) is 17.1 Å². The van der Waals surface area contributed by atoms with E-state index in [1.165, 1.54) is 19.2 Å². The van der Waals surface area contributed by atoms with Crippen molar-refractivity contribution in [3.8, 4) is 5.75 Å².